The van der Waals surface area contributed by atoms with Gasteiger partial charge in [-0.25, -0.2) is 4.98 Å². The third kappa shape index (κ3) is 4.32. The van der Waals surface area contributed by atoms with Gasteiger partial charge in [0, 0.05) is 35.9 Å². The number of rotatable bonds is 5. The molecular formula is C16H24BrN3. The molecule has 1 aromatic heterocycles. The normalized spacial score (nSPS) is 15.7. The summed E-state index contributed by atoms with van der Waals surface area (Å²) < 4.78 is 1.05. The van der Waals surface area contributed by atoms with Gasteiger partial charge in [0.15, 0.2) is 0 Å². The van der Waals surface area contributed by atoms with Gasteiger partial charge in [0.25, 0.3) is 0 Å². The molecule has 3 nitrogen and oxygen atoms in total. The van der Waals surface area contributed by atoms with Crippen LogP contribution in [0.15, 0.2) is 28.4 Å². The molecule has 0 aromatic carbocycles. The van der Waals surface area contributed by atoms with Crippen molar-refractivity contribution in [2.75, 3.05) is 24.5 Å². The first-order valence-electron chi connectivity index (χ1n) is 7.32. The predicted molar refractivity (Wildman–Crippen MR) is 89.1 cm³/mol. The van der Waals surface area contributed by atoms with Gasteiger partial charge in [-0.2, -0.15) is 0 Å². The Bertz CT molecular complexity index is 483. The molecule has 1 aliphatic rings. The number of pyridine rings is 1. The van der Waals surface area contributed by atoms with E-state index in [9.17, 15) is 0 Å². The number of halogens is 1. The summed E-state index contributed by atoms with van der Waals surface area (Å²) in [6.07, 6.45) is 5.33. The zero-order valence-corrected chi connectivity index (χ0v) is 14.2. The molecule has 1 aliphatic heterocycles. The molecule has 0 radical (unpaired) electrons. The lowest BCUT2D eigenvalue weighted by Gasteiger charge is -2.28. The lowest BCUT2D eigenvalue weighted by atomic mass is 10.1. The molecule has 1 aromatic rings. The molecule has 0 unspecified atom stereocenters. The van der Waals surface area contributed by atoms with Gasteiger partial charge in [-0.15, -0.1) is 0 Å². The molecule has 110 valence electrons. The van der Waals surface area contributed by atoms with Crippen molar-refractivity contribution in [1.82, 2.24) is 10.3 Å². The van der Waals surface area contributed by atoms with Crippen molar-refractivity contribution >= 4 is 21.7 Å². The maximum absolute atomic E-state index is 4.63. The summed E-state index contributed by atoms with van der Waals surface area (Å²) >= 11 is 3.53. The Morgan fingerprint density at radius 2 is 2.25 bits per heavy atom. The Morgan fingerprint density at radius 1 is 1.45 bits per heavy atom. The van der Waals surface area contributed by atoms with Gasteiger partial charge in [-0.1, -0.05) is 25.5 Å². The topological polar surface area (TPSA) is 28.2 Å². The summed E-state index contributed by atoms with van der Waals surface area (Å²) in [5.74, 6) is 1.78. The largest absolute Gasteiger partial charge is 0.352 e. The SMILES string of the molecule is CC1=CCN(c2ncc(Br)cc2CNCC(C)C)CC1. The summed E-state index contributed by atoms with van der Waals surface area (Å²) in [4.78, 5) is 7.00. The van der Waals surface area contributed by atoms with E-state index in [1.54, 1.807) is 0 Å². The van der Waals surface area contributed by atoms with E-state index in [4.69, 9.17) is 0 Å². The van der Waals surface area contributed by atoms with Crippen LogP contribution in [0, 0.1) is 5.92 Å². The third-order valence-electron chi connectivity index (χ3n) is 3.51. The van der Waals surface area contributed by atoms with Crippen molar-refractivity contribution < 1.29 is 0 Å². The quantitative estimate of drug-likeness (QED) is 0.829. The summed E-state index contributed by atoms with van der Waals surface area (Å²) in [5, 5.41) is 3.51. The minimum Gasteiger partial charge on any atom is -0.352 e. The molecule has 4 heteroatoms. The molecule has 2 heterocycles. The Hall–Kier alpha value is -0.870. The average Bonchev–Trinajstić information content (AvgIpc) is 2.40. The third-order valence-corrected chi connectivity index (χ3v) is 3.95. The summed E-state index contributed by atoms with van der Waals surface area (Å²) in [7, 11) is 0. The summed E-state index contributed by atoms with van der Waals surface area (Å²) in [6, 6.07) is 2.18. The van der Waals surface area contributed by atoms with Crippen LogP contribution in [-0.4, -0.2) is 24.6 Å². The molecule has 2 rings (SSSR count). The minimum atomic E-state index is 0.666. The number of anilines is 1. The zero-order valence-electron chi connectivity index (χ0n) is 12.6. The molecule has 1 N–H and O–H groups in total. The fourth-order valence-electron chi connectivity index (χ4n) is 2.35. The van der Waals surface area contributed by atoms with Crippen LogP contribution >= 0.6 is 15.9 Å². The maximum atomic E-state index is 4.63. The molecule has 0 spiro atoms. The summed E-state index contributed by atoms with van der Waals surface area (Å²) in [6.45, 7) is 10.6. The Kier molecular flexibility index (Phi) is 5.61. The number of nitrogens with one attached hydrogen (secondary N) is 1. The van der Waals surface area contributed by atoms with Crippen LogP contribution in [0.5, 0.6) is 0 Å². The highest BCUT2D eigenvalue weighted by atomic mass is 79.9. The van der Waals surface area contributed by atoms with E-state index in [0.717, 1.165) is 42.9 Å². The highest BCUT2D eigenvalue weighted by Crippen LogP contribution is 2.24. The van der Waals surface area contributed by atoms with E-state index in [-0.39, 0.29) is 0 Å². The molecule has 0 amide bonds. The van der Waals surface area contributed by atoms with E-state index < -0.39 is 0 Å². The first-order chi connectivity index (χ1) is 9.56. The first kappa shape index (κ1) is 15.5. The fraction of sp³-hybridized carbons (Fsp3) is 0.562. The van der Waals surface area contributed by atoms with Gasteiger partial charge in [0.05, 0.1) is 0 Å². The number of hydrogen-bond acceptors (Lipinski definition) is 3. The van der Waals surface area contributed by atoms with E-state index in [1.165, 1.54) is 11.1 Å². The monoisotopic (exact) mass is 337 g/mol. The van der Waals surface area contributed by atoms with E-state index in [0.29, 0.717) is 5.92 Å². The lowest BCUT2D eigenvalue weighted by Crippen LogP contribution is -2.31. The second kappa shape index (κ2) is 7.23. The van der Waals surface area contributed by atoms with Crippen LogP contribution in [0.1, 0.15) is 32.8 Å². The first-order valence-corrected chi connectivity index (χ1v) is 8.11. The van der Waals surface area contributed by atoms with E-state index in [2.05, 4.69) is 64.0 Å². The molecular weight excluding hydrogens is 314 g/mol. The fourth-order valence-corrected chi connectivity index (χ4v) is 2.73. The van der Waals surface area contributed by atoms with Crippen molar-refractivity contribution in [1.29, 1.82) is 0 Å². The van der Waals surface area contributed by atoms with Crippen molar-refractivity contribution in [2.24, 2.45) is 5.92 Å². The standard InChI is InChI=1S/C16H24BrN3/c1-12(2)9-18-10-14-8-15(17)11-19-16(14)20-6-4-13(3)5-7-20/h4,8,11-12,18H,5-7,9-10H2,1-3H3. The molecule has 0 bridgehead atoms. The highest BCUT2D eigenvalue weighted by molar-refractivity contribution is 9.10. The van der Waals surface area contributed by atoms with Gasteiger partial charge >= 0.3 is 0 Å². The van der Waals surface area contributed by atoms with Crippen molar-refractivity contribution in [3.63, 3.8) is 0 Å². The number of aromatic nitrogens is 1. The van der Waals surface area contributed by atoms with Gasteiger partial charge < -0.3 is 10.2 Å². The predicted octanol–water partition coefficient (Wildman–Crippen LogP) is 3.75. The lowest BCUT2D eigenvalue weighted by molar-refractivity contribution is 0.551. The van der Waals surface area contributed by atoms with Crippen LogP contribution in [0.4, 0.5) is 5.82 Å². The summed E-state index contributed by atoms with van der Waals surface area (Å²) in [5.41, 5.74) is 2.76. The Morgan fingerprint density at radius 3 is 2.90 bits per heavy atom. The van der Waals surface area contributed by atoms with Gasteiger partial charge in [0.1, 0.15) is 5.82 Å². The molecule has 0 fully saturated rings. The van der Waals surface area contributed by atoms with Gasteiger partial charge in [0.2, 0.25) is 0 Å². The smallest absolute Gasteiger partial charge is 0.133 e. The van der Waals surface area contributed by atoms with Crippen LogP contribution in [0.2, 0.25) is 0 Å². The van der Waals surface area contributed by atoms with Crippen molar-refractivity contribution in [3.05, 3.63) is 33.9 Å². The Balaban J connectivity index is 2.11. The van der Waals surface area contributed by atoms with Crippen LogP contribution in [0.25, 0.3) is 0 Å². The maximum Gasteiger partial charge on any atom is 0.133 e. The zero-order chi connectivity index (χ0) is 14.5. The second-order valence-electron chi connectivity index (χ2n) is 5.91. The average molecular weight is 338 g/mol. The number of nitrogens with zero attached hydrogens (tertiary/aromatic N) is 2. The second-order valence-corrected chi connectivity index (χ2v) is 6.82. The number of hydrogen-bond donors (Lipinski definition) is 1. The van der Waals surface area contributed by atoms with Crippen LogP contribution in [0.3, 0.4) is 0 Å². The van der Waals surface area contributed by atoms with E-state index in [1.807, 2.05) is 6.20 Å². The molecule has 0 saturated heterocycles. The molecule has 0 aliphatic carbocycles. The van der Waals surface area contributed by atoms with Gasteiger partial charge in [-0.05, 0) is 47.8 Å². The molecule has 0 saturated carbocycles. The minimum absolute atomic E-state index is 0.666. The van der Waals surface area contributed by atoms with Crippen LogP contribution < -0.4 is 10.2 Å². The molecule has 20 heavy (non-hydrogen) atoms. The Labute approximate surface area is 130 Å². The van der Waals surface area contributed by atoms with Gasteiger partial charge in [-0.3, -0.25) is 0 Å². The van der Waals surface area contributed by atoms with Crippen molar-refractivity contribution in [2.45, 2.75) is 33.7 Å². The van der Waals surface area contributed by atoms with Crippen LogP contribution in [-0.2, 0) is 6.54 Å². The highest BCUT2D eigenvalue weighted by Gasteiger charge is 2.15. The van der Waals surface area contributed by atoms with Crippen molar-refractivity contribution in [3.8, 4) is 0 Å². The molecule has 0 atom stereocenters. The van der Waals surface area contributed by atoms with E-state index >= 15 is 0 Å².